The molecule has 0 spiro atoms. The zero-order chi connectivity index (χ0) is 17.7. The third-order valence-corrected chi connectivity index (χ3v) is 4.74. The Kier molecular flexibility index (Phi) is 6.24. The lowest BCUT2D eigenvalue weighted by atomic mass is 9.89. The minimum Gasteiger partial charge on any atom is -0.465 e. The molecule has 0 aliphatic carbocycles. The van der Waals surface area contributed by atoms with Gasteiger partial charge in [-0.25, -0.2) is 4.79 Å². The van der Waals surface area contributed by atoms with E-state index in [2.05, 4.69) is 13.8 Å². The molecular formula is C19H29NO4. The van der Waals surface area contributed by atoms with Crippen LogP contribution in [0.5, 0.6) is 0 Å². The lowest BCUT2D eigenvalue weighted by molar-refractivity contribution is -0.0432. The number of carboxylic acid groups (broad SMARTS) is 1. The zero-order valence-electron chi connectivity index (χ0n) is 15.1. The van der Waals surface area contributed by atoms with E-state index in [1.807, 2.05) is 30.3 Å². The van der Waals surface area contributed by atoms with Crippen molar-refractivity contribution >= 4 is 6.09 Å². The molecule has 5 heteroatoms. The van der Waals surface area contributed by atoms with E-state index in [4.69, 9.17) is 9.47 Å². The normalized spacial score (nSPS) is 21.2. The van der Waals surface area contributed by atoms with E-state index in [-0.39, 0.29) is 12.0 Å². The van der Waals surface area contributed by atoms with Gasteiger partial charge in [-0.05, 0) is 37.7 Å². The molecule has 1 aromatic carbocycles. The molecule has 0 saturated carbocycles. The quantitative estimate of drug-likeness (QED) is 0.819. The summed E-state index contributed by atoms with van der Waals surface area (Å²) in [5.41, 5.74) is 0.389. The monoisotopic (exact) mass is 335 g/mol. The van der Waals surface area contributed by atoms with Gasteiger partial charge in [0.2, 0.25) is 0 Å². The molecule has 1 heterocycles. The summed E-state index contributed by atoms with van der Waals surface area (Å²) in [7, 11) is 0. The van der Waals surface area contributed by atoms with Gasteiger partial charge in [-0.1, -0.05) is 44.2 Å². The number of amides is 1. The summed E-state index contributed by atoms with van der Waals surface area (Å²) in [4.78, 5) is 13.0. The summed E-state index contributed by atoms with van der Waals surface area (Å²) in [6.45, 7) is 9.57. The molecule has 2 atom stereocenters. The Morgan fingerprint density at radius 2 is 2.04 bits per heavy atom. The second-order valence-electron chi connectivity index (χ2n) is 7.30. The maximum Gasteiger partial charge on any atom is 0.409 e. The summed E-state index contributed by atoms with van der Waals surface area (Å²) in [5, 5.41) is 9.51. The molecule has 1 aliphatic heterocycles. The van der Waals surface area contributed by atoms with E-state index in [1.54, 1.807) is 13.8 Å². The highest BCUT2D eigenvalue weighted by atomic mass is 16.5. The molecule has 0 aromatic heterocycles. The molecule has 1 N–H and O–H groups in total. The van der Waals surface area contributed by atoms with E-state index >= 15 is 0 Å². The van der Waals surface area contributed by atoms with Crippen molar-refractivity contribution in [1.82, 2.24) is 4.90 Å². The van der Waals surface area contributed by atoms with Crippen LogP contribution in [0.3, 0.4) is 0 Å². The topological polar surface area (TPSA) is 59.0 Å². The standard InChI is InChI=1S/C19H29NO4/c1-14(2)16(12-23-11-15-8-6-5-7-9-15)10-17-13-24-19(3,4)20(17)18(21)22/h5-9,14,16-17H,10-13H2,1-4H3,(H,21,22)/t16-,17+/m1/s1. The second-order valence-corrected chi connectivity index (χ2v) is 7.30. The van der Waals surface area contributed by atoms with E-state index in [1.165, 1.54) is 4.90 Å². The summed E-state index contributed by atoms with van der Waals surface area (Å²) in [6.07, 6.45) is -0.169. The Labute approximate surface area is 144 Å². The number of carbonyl (C=O) groups is 1. The Balaban J connectivity index is 1.92. The fourth-order valence-corrected chi connectivity index (χ4v) is 3.23. The Morgan fingerprint density at radius 1 is 1.38 bits per heavy atom. The van der Waals surface area contributed by atoms with Crippen LogP contribution in [0.15, 0.2) is 30.3 Å². The molecule has 134 valence electrons. The Morgan fingerprint density at radius 3 is 2.62 bits per heavy atom. The van der Waals surface area contributed by atoms with Gasteiger partial charge in [0.05, 0.1) is 25.9 Å². The smallest absolute Gasteiger partial charge is 0.409 e. The van der Waals surface area contributed by atoms with Gasteiger partial charge in [0.15, 0.2) is 0 Å². The van der Waals surface area contributed by atoms with Crippen molar-refractivity contribution in [2.45, 2.75) is 52.5 Å². The van der Waals surface area contributed by atoms with Crippen molar-refractivity contribution in [3.8, 4) is 0 Å². The van der Waals surface area contributed by atoms with Gasteiger partial charge in [0, 0.05) is 0 Å². The number of nitrogens with zero attached hydrogens (tertiary/aromatic N) is 1. The number of rotatable bonds is 7. The van der Waals surface area contributed by atoms with Crippen molar-refractivity contribution in [3.63, 3.8) is 0 Å². The van der Waals surface area contributed by atoms with E-state index < -0.39 is 11.8 Å². The molecule has 5 nitrogen and oxygen atoms in total. The first-order chi connectivity index (χ1) is 11.3. The van der Waals surface area contributed by atoms with Crippen LogP contribution in [0.1, 0.15) is 39.7 Å². The van der Waals surface area contributed by atoms with Gasteiger partial charge < -0.3 is 14.6 Å². The van der Waals surface area contributed by atoms with E-state index in [0.717, 1.165) is 12.0 Å². The predicted molar refractivity (Wildman–Crippen MR) is 92.7 cm³/mol. The minimum absolute atomic E-state index is 0.120. The van der Waals surface area contributed by atoms with Crippen LogP contribution in [0.25, 0.3) is 0 Å². The predicted octanol–water partition coefficient (Wildman–Crippen LogP) is 3.98. The summed E-state index contributed by atoms with van der Waals surface area (Å²) >= 11 is 0. The van der Waals surface area contributed by atoms with Gasteiger partial charge in [-0.15, -0.1) is 0 Å². The van der Waals surface area contributed by atoms with Gasteiger partial charge >= 0.3 is 6.09 Å². The van der Waals surface area contributed by atoms with E-state index in [9.17, 15) is 9.90 Å². The lowest BCUT2D eigenvalue weighted by Crippen LogP contribution is -2.48. The first kappa shape index (κ1) is 18.7. The third-order valence-electron chi connectivity index (χ3n) is 4.74. The molecule has 24 heavy (non-hydrogen) atoms. The first-order valence-corrected chi connectivity index (χ1v) is 8.59. The molecular weight excluding hydrogens is 306 g/mol. The molecule has 1 amide bonds. The third kappa shape index (κ3) is 4.71. The molecule has 2 rings (SSSR count). The molecule has 1 aliphatic rings. The van der Waals surface area contributed by atoms with Crippen LogP contribution in [0, 0.1) is 11.8 Å². The first-order valence-electron chi connectivity index (χ1n) is 8.59. The lowest BCUT2D eigenvalue weighted by Gasteiger charge is -2.33. The van der Waals surface area contributed by atoms with Crippen molar-refractivity contribution in [3.05, 3.63) is 35.9 Å². The molecule has 1 aromatic rings. The summed E-state index contributed by atoms with van der Waals surface area (Å²) in [5.74, 6) is 0.707. The van der Waals surface area contributed by atoms with E-state index in [0.29, 0.717) is 25.7 Å². The zero-order valence-corrected chi connectivity index (χ0v) is 15.1. The van der Waals surface area contributed by atoms with Crippen LogP contribution >= 0.6 is 0 Å². The fourth-order valence-electron chi connectivity index (χ4n) is 3.23. The fraction of sp³-hybridized carbons (Fsp3) is 0.632. The highest BCUT2D eigenvalue weighted by Gasteiger charge is 2.44. The number of hydrogen-bond donors (Lipinski definition) is 1. The maximum absolute atomic E-state index is 11.6. The Bertz CT molecular complexity index is 529. The van der Waals surface area contributed by atoms with Crippen LogP contribution in [0.4, 0.5) is 4.79 Å². The SMILES string of the molecule is CC(C)[C@@H](COCc1ccccc1)C[C@H]1COC(C)(C)N1C(=O)O. The highest BCUT2D eigenvalue weighted by Crippen LogP contribution is 2.32. The van der Waals surface area contributed by atoms with Crippen molar-refractivity contribution in [2.75, 3.05) is 13.2 Å². The van der Waals surface area contributed by atoms with Crippen LogP contribution in [-0.2, 0) is 16.1 Å². The molecule has 1 fully saturated rings. The maximum atomic E-state index is 11.6. The second kappa shape index (κ2) is 7.99. The largest absolute Gasteiger partial charge is 0.465 e. The van der Waals surface area contributed by atoms with Crippen LogP contribution < -0.4 is 0 Å². The van der Waals surface area contributed by atoms with Crippen molar-refractivity contribution < 1.29 is 19.4 Å². The summed E-state index contributed by atoms with van der Waals surface area (Å²) < 4.78 is 11.6. The van der Waals surface area contributed by atoms with Crippen molar-refractivity contribution in [2.24, 2.45) is 11.8 Å². The van der Waals surface area contributed by atoms with Gasteiger partial charge in [-0.2, -0.15) is 0 Å². The number of ether oxygens (including phenoxy) is 2. The highest BCUT2D eigenvalue weighted by molar-refractivity contribution is 5.66. The van der Waals surface area contributed by atoms with Gasteiger partial charge in [0.1, 0.15) is 5.72 Å². The van der Waals surface area contributed by atoms with Crippen LogP contribution in [0.2, 0.25) is 0 Å². The molecule has 0 radical (unpaired) electrons. The molecule has 0 bridgehead atoms. The Hall–Kier alpha value is -1.59. The van der Waals surface area contributed by atoms with Crippen LogP contribution in [-0.4, -0.2) is 41.1 Å². The average Bonchev–Trinajstić information content (AvgIpc) is 2.81. The van der Waals surface area contributed by atoms with Crippen molar-refractivity contribution in [1.29, 1.82) is 0 Å². The van der Waals surface area contributed by atoms with Gasteiger partial charge in [-0.3, -0.25) is 4.90 Å². The molecule has 0 unspecified atom stereocenters. The number of hydrogen-bond acceptors (Lipinski definition) is 3. The average molecular weight is 335 g/mol. The number of benzene rings is 1. The minimum atomic E-state index is -0.921. The summed E-state index contributed by atoms with van der Waals surface area (Å²) in [6, 6.07) is 9.96. The van der Waals surface area contributed by atoms with Gasteiger partial charge in [0.25, 0.3) is 0 Å². The molecule has 1 saturated heterocycles.